The molecule has 2 rings (SSSR count). The van der Waals surface area contributed by atoms with Crippen molar-refractivity contribution in [1.82, 2.24) is 0 Å². The average molecular weight is 515 g/mol. The summed E-state index contributed by atoms with van der Waals surface area (Å²) in [7, 11) is -0.417. The summed E-state index contributed by atoms with van der Waals surface area (Å²) in [6.45, 7) is 18.8. The second kappa shape index (κ2) is 7.53. The summed E-state index contributed by atoms with van der Waals surface area (Å²) in [5.74, 6) is 0.853. The number of fused-ring (bicyclic) bond motifs is 2. The fourth-order valence-corrected chi connectivity index (χ4v) is 8.36. The number of methoxy groups -OCH3 is 1. The Kier molecular flexibility index (Phi) is 6.34. The number of Topliss-reactive ketones (excluding diaryl/α,β-unsaturated/α-hetero) is 2. The molecule has 2 aliphatic rings. The molecule has 0 aromatic carbocycles. The smallest absolute Gasteiger partial charge is 0.182 e. The largest absolute Gasteiger partial charge is 0.500 e. The molecule has 2 aliphatic carbocycles. The van der Waals surface area contributed by atoms with E-state index in [1.807, 2.05) is 6.08 Å². The number of allylic oxidation sites excluding steroid dienone is 5. The van der Waals surface area contributed by atoms with Crippen molar-refractivity contribution in [3.05, 3.63) is 35.3 Å². The molecule has 0 aliphatic heterocycles. The van der Waals surface area contributed by atoms with Crippen LogP contribution in [0, 0.1) is 16.7 Å². The Bertz CT molecular complexity index is 767. The van der Waals surface area contributed by atoms with E-state index in [1.54, 1.807) is 7.11 Å². The molecule has 5 heteroatoms. The molecular formula is C23H35IO3Si. The first kappa shape index (κ1) is 23.6. The van der Waals surface area contributed by atoms with E-state index in [9.17, 15) is 9.59 Å². The SMILES string of the molecule is C=CC[C@@H]1C[C@]2(CC=C(C)C)C(=O)[C@@](I)(C(=O)C([Si](C)(C)C)=C2OC)C1(C)C. The van der Waals surface area contributed by atoms with Gasteiger partial charge >= 0.3 is 0 Å². The third-order valence-corrected chi connectivity index (χ3v) is 11.0. The van der Waals surface area contributed by atoms with Crippen molar-refractivity contribution in [2.45, 2.75) is 70.0 Å². The Hall–Kier alpha value is -0.693. The third-order valence-electron chi connectivity index (χ3n) is 6.72. The number of ketones is 2. The van der Waals surface area contributed by atoms with Crippen LogP contribution in [0.25, 0.3) is 0 Å². The van der Waals surface area contributed by atoms with Gasteiger partial charge in [0.2, 0.25) is 0 Å². The van der Waals surface area contributed by atoms with Gasteiger partial charge in [-0.2, -0.15) is 0 Å². The average Bonchev–Trinajstić information content (AvgIpc) is 2.57. The number of rotatable bonds is 6. The molecule has 0 amide bonds. The van der Waals surface area contributed by atoms with Crippen LogP contribution < -0.4 is 0 Å². The second-order valence-electron chi connectivity index (χ2n) is 10.2. The molecule has 0 unspecified atom stereocenters. The van der Waals surface area contributed by atoms with Crippen molar-refractivity contribution < 1.29 is 14.3 Å². The van der Waals surface area contributed by atoms with Gasteiger partial charge in [-0.15, -0.1) is 6.58 Å². The number of carbonyl (C=O) groups excluding carboxylic acids is 2. The predicted molar refractivity (Wildman–Crippen MR) is 127 cm³/mol. The minimum absolute atomic E-state index is 0.0132. The normalized spacial score (nSPS) is 32.2. The lowest BCUT2D eigenvalue weighted by molar-refractivity contribution is -0.150. The van der Waals surface area contributed by atoms with Crippen LogP contribution in [0.4, 0.5) is 0 Å². The zero-order valence-electron chi connectivity index (χ0n) is 18.7. The topological polar surface area (TPSA) is 43.4 Å². The first-order chi connectivity index (χ1) is 12.7. The Morgan fingerprint density at radius 2 is 1.86 bits per heavy atom. The van der Waals surface area contributed by atoms with E-state index in [1.165, 1.54) is 5.57 Å². The molecule has 0 heterocycles. The minimum atomic E-state index is -2.05. The maximum Gasteiger partial charge on any atom is 0.182 e. The zero-order valence-corrected chi connectivity index (χ0v) is 21.8. The molecule has 156 valence electrons. The molecule has 3 atom stereocenters. The summed E-state index contributed by atoms with van der Waals surface area (Å²) >= 11 is 2.20. The van der Waals surface area contributed by atoms with Crippen LogP contribution in [0.3, 0.4) is 0 Å². The van der Waals surface area contributed by atoms with Crippen molar-refractivity contribution in [1.29, 1.82) is 0 Å². The molecule has 0 N–H and O–H groups in total. The van der Waals surface area contributed by atoms with E-state index in [-0.39, 0.29) is 17.5 Å². The van der Waals surface area contributed by atoms with Gasteiger partial charge in [0, 0.05) is 5.20 Å². The van der Waals surface area contributed by atoms with Crippen LogP contribution in [-0.4, -0.2) is 30.2 Å². The van der Waals surface area contributed by atoms with E-state index >= 15 is 0 Å². The summed E-state index contributed by atoms with van der Waals surface area (Å²) < 4.78 is 4.88. The van der Waals surface area contributed by atoms with Gasteiger partial charge in [0.25, 0.3) is 0 Å². The predicted octanol–water partition coefficient (Wildman–Crippen LogP) is 6.05. The van der Waals surface area contributed by atoms with Gasteiger partial charge in [0.05, 0.1) is 20.6 Å². The van der Waals surface area contributed by atoms with Gasteiger partial charge < -0.3 is 4.74 Å². The molecule has 28 heavy (non-hydrogen) atoms. The lowest BCUT2D eigenvalue weighted by atomic mass is 9.48. The van der Waals surface area contributed by atoms with E-state index in [2.05, 4.69) is 82.6 Å². The van der Waals surface area contributed by atoms with Gasteiger partial charge in [-0.3, -0.25) is 9.59 Å². The van der Waals surface area contributed by atoms with Crippen LogP contribution in [0.15, 0.2) is 35.3 Å². The molecule has 0 aromatic heterocycles. The first-order valence-electron chi connectivity index (χ1n) is 10.0. The number of halogens is 1. The Labute approximate surface area is 185 Å². The fraction of sp³-hybridized carbons (Fsp3) is 0.652. The summed E-state index contributed by atoms with van der Waals surface area (Å²) in [6, 6.07) is 0. The quantitative estimate of drug-likeness (QED) is 0.142. The highest BCUT2D eigenvalue weighted by molar-refractivity contribution is 14.1. The molecule has 0 aromatic rings. The number of alkyl halides is 1. The van der Waals surface area contributed by atoms with Gasteiger partial charge in [-0.1, -0.05) is 73.8 Å². The monoisotopic (exact) mass is 514 g/mol. The standard InChI is InChI=1S/C23H35IO3Si/c1-10-11-16-14-22(13-12-15(2)3)19(27-6)17(28(7,8)9)18(25)23(24,20(22)26)21(16,4)5/h10,12,16H,1,11,13-14H2,2-9H3/t16-,22+,23+/m1/s1. The van der Waals surface area contributed by atoms with Gasteiger partial charge in [0.1, 0.15) is 9.18 Å². The molecule has 1 fully saturated rings. The van der Waals surface area contributed by atoms with Gasteiger partial charge in [-0.05, 0) is 44.4 Å². The molecule has 0 radical (unpaired) electrons. The Balaban J connectivity index is 2.95. The molecular weight excluding hydrogens is 479 g/mol. The van der Waals surface area contributed by atoms with E-state index < -0.39 is 22.3 Å². The highest BCUT2D eigenvalue weighted by Gasteiger charge is 2.72. The van der Waals surface area contributed by atoms with Crippen LogP contribution in [0.5, 0.6) is 0 Å². The molecule has 1 saturated carbocycles. The van der Waals surface area contributed by atoms with E-state index in [0.29, 0.717) is 18.6 Å². The minimum Gasteiger partial charge on any atom is -0.500 e. The Morgan fingerprint density at radius 1 is 1.29 bits per heavy atom. The fourth-order valence-electron chi connectivity index (χ4n) is 4.98. The maximum atomic E-state index is 14.1. The van der Waals surface area contributed by atoms with Crippen LogP contribution >= 0.6 is 22.6 Å². The number of hydrogen-bond acceptors (Lipinski definition) is 3. The zero-order chi connectivity index (χ0) is 21.7. The number of hydrogen-bond donors (Lipinski definition) is 0. The van der Waals surface area contributed by atoms with Crippen LogP contribution in [0.2, 0.25) is 19.6 Å². The third kappa shape index (κ3) is 3.20. The second-order valence-corrected chi connectivity index (χ2v) is 16.8. The van der Waals surface area contributed by atoms with E-state index in [0.717, 1.165) is 11.6 Å². The van der Waals surface area contributed by atoms with Gasteiger partial charge in [0.15, 0.2) is 11.6 Å². The highest BCUT2D eigenvalue weighted by Crippen LogP contribution is 2.65. The summed E-state index contributed by atoms with van der Waals surface area (Å²) in [5, 5.41) is 0.816. The Morgan fingerprint density at radius 3 is 2.29 bits per heavy atom. The maximum absolute atomic E-state index is 14.1. The number of ether oxygens (including phenoxy) is 1. The van der Waals surface area contributed by atoms with Gasteiger partial charge in [-0.25, -0.2) is 0 Å². The summed E-state index contributed by atoms with van der Waals surface area (Å²) in [4.78, 5) is 28.1. The molecule has 0 saturated heterocycles. The van der Waals surface area contributed by atoms with Crippen molar-refractivity contribution in [2.75, 3.05) is 7.11 Å². The van der Waals surface area contributed by atoms with E-state index in [4.69, 9.17) is 4.74 Å². The van der Waals surface area contributed by atoms with Crippen molar-refractivity contribution in [3.8, 4) is 0 Å². The van der Waals surface area contributed by atoms with Crippen molar-refractivity contribution in [2.24, 2.45) is 16.7 Å². The summed E-state index contributed by atoms with van der Waals surface area (Å²) in [5.41, 5.74) is -0.0395. The molecule has 3 nitrogen and oxygen atoms in total. The van der Waals surface area contributed by atoms with Crippen molar-refractivity contribution >= 4 is 42.2 Å². The lowest BCUT2D eigenvalue weighted by Gasteiger charge is -2.59. The molecule has 2 bridgehead atoms. The van der Waals surface area contributed by atoms with Crippen LogP contribution in [0.1, 0.15) is 47.0 Å². The first-order valence-corrected chi connectivity index (χ1v) is 14.6. The summed E-state index contributed by atoms with van der Waals surface area (Å²) in [6.07, 6.45) is 6.13. The lowest BCUT2D eigenvalue weighted by Crippen LogP contribution is -2.69. The van der Waals surface area contributed by atoms with Crippen molar-refractivity contribution in [3.63, 3.8) is 0 Å². The number of carbonyl (C=O) groups is 2. The highest BCUT2D eigenvalue weighted by atomic mass is 127. The van der Waals surface area contributed by atoms with Crippen LogP contribution in [-0.2, 0) is 14.3 Å². The molecule has 0 spiro atoms.